The summed E-state index contributed by atoms with van der Waals surface area (Å²) in [5.41, 5.74) is -1.24. The summed E-state index contributed by atoms with van der Waals surface area (Å²) in [6, 6.07) is 12.3. The number of carbonyl (C=O) groups is 1. The van der Waals surface area contributed by atoms with Gasteiger partial charge >= 0.3 is 6.18 Å². The maximum atomic E-state index is 13.5. The summed E-state index contributed by atoms with van der Waals surface area (Å²) >= 11 is 0. The number of alkyl halides is 3. The second-order valence-electron chi connectivity index (χ2n) is 8.88. The zero-order chi connectivity index (χ0) is 24.5. The van der Waals surface area contributed by atoms with Crippen molar-refractivity contribution >= 4 is 11.6 Å². The van der Waals surface area contributed by atoms with Crippen LogP contribution in [-0.2, 0) is 6.18 Å². The maximum absolute atomic E-state index is 13.5. The standard InChI is InChI=1S/C25H26F3N3O3/c1-2-34-22-6-4-3-5-20(22)23(33)30-10-9-18-13-31(15-24(18,14-30)16-32)19-8-7-17(12-29)21(11-19)25(26,27)28/h3-8,11,18,32H,2,9-10,13-16H2,1H3/t18-,24+/m0/s1. The van der Waals surface area contributed by atoms with Crippen LogP contribution < -0.4 is 9.64 Å². The minimum atomic E-state index is -4.64. The lowest BCUT2D eigenvalue weighted by atomic mass is 9.74. The minimum absolute atomic E-state index is 0.0219. The van der Waals surface area contributed by atoms with Gasteiger partial charge in [-0.05, 0) is 49.6 Å². The molecule has 2 aliphatic heterocycles. The summed E-state index contributed by atoms with van der Waals surface area (Å²) in [4.78, 5) is 16.8. The quantitative estimate of drug-likeness (QED) is 0.712. The molecule has 2 aromatic rings. The predicted molar refractivity (Wildman–Crippen MR) is 120 cm³/mol. The number of hydrogen-bond acceptors (Lipinski definition) is 5. The molecule has 9 heteroatoms. The molecule has 0 radical (unpaired) electrons. The van der Waals surface area contributed by atoms with E-state index >= 15 is 0 Å². The van der Waals surface area contributed by atoms with Gasteiger partial charge in [0.25, 0.3) is 5.91 Å². The topological polar surface area (TPSA) is 76.8 Å². The minimum Gasteiger partial charge on any atom is -0.493 e. The van der Waals surface area contributed by atoms with Crippen molar-refractivity contribution in [1.29, 1.82) is 5.26 Å². The molecule has 180 valence electrons. The molecule has 2 fully saturated rings. The molecule has 2 saturated heterocycles. The molecule has 1 amide bonds. The molecular formula is C25H26F3N3O3. The Hall–Kier alpha value is -3.25. The van der Waals surface area contributed by atoms with E-state index in [4.69, 9.17) is 10.00 Å². The summed E-state index contributed by atoms with van der Waals surface area (Å²) in [6.07, 6.45) is -4.01. The Balaban J connectivity index is 1.58. The number of aliphatic hydroxyl groups is 1. The maximum Gasteiger partial charge on any atom is 0.417 e. The number of nitriles is 1. The summed E-state index contributed by atoms with van der Waals surface area (Å²) in [5.74, 6) is 0.334. The van der Waals surface area contributed by atoms with E-state index in [0.717, 1.165) is 6.07 Å². The molecule has 2 heterocycles. The van der Waals surface area contributed by atoms with Gasteiger partial charge in [-0.25, -0.2) is 0 Å². The highest BCUT2D eigenvalue weighted by Gasteiger charge is 2.50. The van der Waals surface area contributed by atoms with Crippen molar-refractivity contribution < 1.29 is 27.8 Å². The second-order valence-corrected chi connectivity index (χ2v) is 8.88. The Morgan fingerprint density at radius 1 is 1.26 bits per heavy atom. The number of piperidine rings is 1. The van der Waals surface area contributed by atoms with Crippen LogP contribution in [0, 0.1) is 22.7 Å². The number of benzene rings is 2. The Labute approximate surface area is 196 Å². The van der Waals surface area contributed by atoms with E-state index in [1.54, 1.807) is 35.2 Å². The number of para-hydroxylation sites is 1. The van der Waals surface area contributed by atoms with Gasteiger partial charge in [0.2, 0.25) is 0 Å². The average Bonchev–Trinajstić information content (AvgIpc) is 3.22. The number of amides is 1. The first-order valence-corrected chi connectivity index (χ1v) is 11.2. The van der Waals surface area contributed by atoms with Crippen molar-refractivity contribution in [1.82, 2.24) is 4.90 Å². The largest absolute Gasteiger partial charge is 0.493 e. The van der Waals surface area contributed by atoms with E-state index in [-0.39, 0.29) is 18.4 Å². The van der Waals surface area contributed by atoms with Crippen LogP contribution in [0.1, 0.15) is 34.8 Å². The van der Waals surface area contributed by atoms with Gasteiger partial charge < -0.3 is 19.6 Å². The van der Waals surface area contributed by atoms with E-state index < -0.39 is 22.7 Å². The van der Waals surface area contributed by atoms with Gasteiger partial charge in [-0.2, -0.15) is 18.4 Å². The van der Waals surface area contributed by atoms with Gasteiger partial charge in [-0.3, -0.25) is 4.79 Å². The third kappa shape index (κ3) is 4.30. The number of rotatable bonds is 5. The molecule has 2 atom stereocenters. The zero-order valence-corrected chi connectivity index (χ0v) is 18.8. The highest BCUT2D eigenvalue weighted by Crippen LogP contribution is 2.45. The summed E-state index contributed by atoms with van der Waals surface area (Å²) in [5, 5.41) is 19.5. The lowest BCUT2D eigenvalue weighted by molar-refractivity contribution is -0.137. The molecule has 0 unspecified atom stereocenters. The first-order chi connectivity index (χ1) is 16.2. The number of fused-ring (bicyclic) bond motifs is 1. The molecular weight excluding hydrogens is 447 g/mol. The molecule has 2 aromatic carbocycles. The average molecular weight is 473 g/mol. The van der Waals surface area contributed by atoms with E-state index in [1.165, 1.54) is 12.1 Å². The first kappa shape index (κ1) is 23.9. The number of ether oxygens (including phenoxy) is 1. The summed E-state index contributed by atoms with van der Waals surface area (Å²) in [7, 11) is 0. The lowest BCUT2D eigenvalue weighted by Gasteiger charge is -2.43. The van der Waals surface area contributed by atoms with Crippen molar-refractivity contribution in [3.8, 4) is 11.8 Å². The molecule has 0 bridgehead atoms. The van der Waals surface area contributed by atoms with Crippen LogP contribution in [0.5, 0.6) is 5.75 Å². The van der Waals surface area contributed by atoms with Crippen LogP contribution in [0.25, 0.3) is 0 Å². The van der Waals surface area contributed by atoms with Crippen LogP contribution in [-0.4, -0.2) is 55.3 Å². The fourth-order valence-electron chi connectivity index (χ4n) is 5.14. The molecule has 34 heavy (non-hydrogen) atoms. The molecule has 1 N–H and O–H groups in total. The third-order valence-corrected chi connectivity index (χ3v) is 6.88. The van der Waals surface area contributed by atoms with E-state index in [0.29, 0.717) is 56.2 Å². The van der Waals surface area contributed by atoms with Crippen molar-refractivity contribution in [3.05, 3.63) is 59.2 Å². The first-order valence-electron chi connectivity index (χ1n) is 11.2. The zero-order valence-electron chi connectivity index (χ0n) is 18.8. The molecule has 6 nitrogen and oxygen atoms in total. The van der Waals surface area contributed by atoms with Crippen molar-refractivity contribution in [2.24, 2.45) is 11.3 Å². The number of hydrogen-bond donors (Lipinski definition) is 1. The molecule has 0 saturated carbocycles. The Kier molecular flexibility index (Phi) is 6.45. The van der Waals surface area contributed by atoms with Crippen LogP contribution in [0.3, 0.4) is 0 Å². The SMILES string of the molecule is CCOc1ccccc1C(=O)N1CC[C@H]2CN(c3ccc(C#N)c(C(F)(F)F)c3)C[C@@]2(CO)C1. The fourth-order valence-corrected chi connectivity index (χ4v) is 5.14. The van der Waals surface area contributed by atoms with Crippen molar-refractivity contribution in [2.45, 2.75) is 19.5 Å². The number of halogens is 3. The number of aliphatic hydroxyl groups excluding tert-OH is 1. The van der Waals surface area contributed by atoms with Gasteiger partial charge in [-0.1, -0.05) is 12.1 Å². The van der Waals surface area contributed by atoms with Gasteiger partial charge in [0.05, 0.1) is 36.0 Å². The van der Waals surface area contributed by atoms with Crippen LogP contribution in [0.15, 0.2) is 42.5 Å². The molecule has 0 spiro atoms. The fraction of sp³-hybridized carbons (Fsp3) is 0.440. The smallest absolute Gasteiger partial charge is 0.417 e. The van der Waals surface area contributed by atoms with Gasteiger partial charge in [0, 0.05) is 37.3 Å². The van der Waals surface area contributed by atoms with Crippen molar-refractivity contribution in [2.75, 3.05) is 44.3 Å². The van der Waals surface area contributed by atoms with Gasteiger partial charge in [0.15, 0.2) is 0 Å². The predicted octanol–water partition coefficient (Wildman–Crippen LogP) is 3.94. The molecule has 0 aromatic heterocycles. The van der Waals surface area contributed by atoms with E-state index in [9.17, 15) is 23.1 Å². The monoisotopic (exact) mass is 473 g/mol. The molecule has 0 aliphatic carbocycles. The Bertz CT molecular complexity index is 1110. The third-order valence-electron chi connectivity index (χ3n) is 6.88. The van der Waals surface area contributed by atoms with Gasteiger partial charge in [0.1, 0.15) is 5.75 Å². The van der Waals surface area contributed by atoms with E-state index in [2.05, 4.69) is 0 Å². The van der Waals surface area contributed by atoms with Crippen molar-refractivity contribution in [3.63, 3.8) is 0 Å². The summed E-state index contributed by atoms with van der Waals surface area (Å²) < 4.78 is 46.0. The number of anilines is 1. The Morgan fingerprint density at radius 3 is 2.71 bits per heavy atom. The van der Waals surface area contributed by atoms with E-state index in [1.807, 2.05) is 11.8 Å². The molecule has 4 rings (SSSR count). The number of carbonyl (C=O) groups excluding carboxylic acids is 1. The number of likely N-dealkylation sites (tertiary alicyclic amines) is 1. The van der Waals surface area contributed by atoms with Gasteiger partial charge in [-0.15, -0.1) is 0 Å². The van der Waals surface area contributed by atoms with Crippen LogP contribution in [0.2, 0.25) is 0 Å². The van der Waals surface area contributed by atoms with Crippen LogP contribution in [0.4, 0.5) is 18.9 Å². The normalized spacial score (nSPS) is 22.3. The summed E-state index contributed by atoms with van der Waals surface area (Å²) in [6.45, 7) is 3.65. The Morgan fingerprint density at radius 2 is 2.03 bits per heavy atom. The van der Waals surface area contributed by atoms with Crippen LogP contribution >= 0.6 is 0 Å². The second kappa shape index (κ2) is 9.18. The molecule has 2 aliphatic rings. The highest BCUT2D eigenvalue weighted by molar-refractivity contribution is 5.97. The lowest BCUT2D eigenvalue weighted by Crippen LogP contribution is -2.52. The number of nitrogens with zero attached hydrogens (tertiary/aromatic N) is 3. The highest BCUT2D eigenvalue weighted by atomic mass is 19.4.